The number of nitrogens with one attached hydrogen (secondary N) is 1. The number of hydrogen-bond acceptors (Lipinski definition) is 7. The maximum atomic E-state index is 12.7. The zero-order valence-electron chi connectivity index (χ0n) is 17.0. The van der Waals surface area contributed by atoms with E-state index >= 15 is 0 Å². The third kappa shape index (κ3) is 4.95. The van der Waals surface area contributed by atoms with Gasteiger partial charge < -0.3 is 14.8 Å². The van der Waals surface area contributed by atoms with Gasteiger partial charge in [0.15, 0.2) is 5.13 Å². The number of benzene rings is 1. The van der Waals surface area contributed by atoms with Crippen molar-refractivity contribution in [2.24, 2.45) is 0 Å². The van der Waals surface area contributed by atoms with Gasteiger partial charge in [-0.2, -0.15) is 0 Å². The summed E-state index contributed by atoms with van der Waals surface area (Å²) in [6, 6.07) is 10.0. The number of pyridine rings is 1. The molecule has 1 fully saturated rings. The van der Waals surface area contributed by atoms with E-state index in [9.17, 15) is 4.79 Å². The van der Waals surface area contributed by atoms with Gasteiger partial charge in [-0.05, 0) is 36.6 Å². The number of carbonyl (C=O) groups excluding carboxylic acids is 1. The van der Waals surface area contributed by atoms with Gasteiger partial charge in [0.05, 0.1) is 26.5 Å². The number of hydrogen-bond donors (Lipinski definition) is 1. The molecule has 1 N–H and O–H groups in total. The number of amides is 1. The van der Waals surface area contributed by atoms with Crippen molar-refractivity contribution in [3.05, 3.63) is 53.7 Å². The molecule has 1 amide bonds. The van der Waals surface area contributed by atoms with Gasteiger partial charge in [0.25, 0.3) is 0 Å². The topological polar surface area (TPSA) is 76.6 Å². The molecular weight excluding hydrogens is 400 g/mol. The van der Waals surface area contributed by atoms with Gasteiger partial charge in [-0.3, -0.25) is 14.7 Å². The fourth-order valence-electron chi connectivity index (χ4n) is 3.29. The molecule has 30 heavy (non-hydrogen) atoms. The minimum atomic E-state index is -0.0617. The number of ether oxygens (including phenoxy) is 2. The molecule has 0 aliphatic heterocycles. The Bertz CT molecular complexity index is 1000. The van der Waals surface area contributed by atoms with Crippen LogP contribution < -0.4 is 14.8 Å². The molecule has 2 aromatic heterocycles. The van der Waals surface area contributed by atoms with E-state index in [-0.39, 0.29) is 5.91 Å². The smallest absolute Gasteiger partial charge is 0.240 e. The quantitative estimate of drug-likeness (QED) is 0.563. The van der Waals surface area contributed by atoms with Crippen molar-refractivity contribution in [2.75, 3.05) is 26.1 Å². The molecule has 0 spiro atoms. The molecule has 0 saturated heterocycles. The molecule has 0 unspecified atom stereocenters. The molecule has 0 bridgehead atoms. The van der Waals surface area contributed by atoms with Gasteiger partial charge >= 0.3 is 0 Å². The summed E-state index contributed by atoms with van der Waals surface area (Å²) in [5.41, 5.74) is 2.72. The van der Waals surface area contributed by atoms with Crippen molar-refractivity contribution in [3.8, 4) is 22.8 Å². The highest BCUT2D eigenvalue weighted by Gasteiger charge is 2.30. The summed E-state index contributed by atoms with van der Waals surface area (Å²) in [5.74, 6) is 1.33. The van der Waals surface area contributed by atoms with Crippen LogP contribution in [0.2, 0.25) is 0 Å². The molecule has 7 nitrogen and oxygen atoms in total. The van der Waals surface area contributed by atoms with Gasteiger partial charge in [-0.25, -0.2) is 4.98 Å². The molecule has 8 heteroatoms. The average molecular weight is 425 g/mol. The highest BCUT2D eigenvalue weighted by atomic mass is 32.1. The van der Waals surface area contributed by atoms with E-state index in [0.717, 1.165) is 36.2 Å². The van der Waals surface area contributed by atoms with E-state index in [1.165, 1.54) is 11.3 Å². The lowest BCUT2D eigenvalue weighted by Crippen LogP contribution is -2.34. The van der Waals surface area contributed by atoms with E-state index < -0.39 is 0 Å². The fourth-order valence-corrected chi connectivity index (χ4v) is 4.01. The number of rotatable bonds is 9. The highest BCUT2D eigenvalue weighted by molar-refractivity contribution is 7.14. The van der Waals surface area contributed by atoms with Crippen molar-refractivity contribution in [3.63, 3.8) is 0 Å². The van der Waals surface area contributed by atoms with E-state index in [0.29, 0.717) is 29.2 Å². The minimum absolute atomic E-state index is 0.0617. The first-order chi connectivity index (χ1) is 14.7. The third-order valence-electron chi connectivity index (χ3n) is 4.95. The minimum Gasteiger partial charge on any atom is -0.497 e. The number of methoxy groups -OCH3 is 2. The van der Waals surface area contributed by atoms with E-state index in [1.54, 1.807) is 20.4 Å². The maximum absolute atomic E-state index is 12.7. The van der Waals surface area contributed by atoms with Crippen LogP contribution in [0, 0.1) is 0 Å². The van der Waals surface area contributed by atoms with Crippen LogP contribution in [0.4, 0.5) is 5.13 Å². The van der Waals surface area contributed by atoms with Gasteiger partial charge in [-0.1, -0.05) is 6.07 Å². The molecule has 1 saturated carbocycles. The number of nitrogens with zero attached hydrogens (tertiary/aromatic N) is 3. The molecule has 1 aliphatic carbocycles. The summed E-state index contributed by atoms with van der Waals surface area (Å²) < 4.78 is 10.7. The Morgan fingerprint density at radius 1 is 1.27 bits per heavy atom. The average Bonchev–Trinajstić information content (AvgIpc) is 3.53. The summed E-state index contributed by atoms with van der Waals surface area (Å²) in [6.45, 7) is 1.05. The number of thiazole rings is 1. The number of anilines is 1. The molecule has 3 aromatic rings. The standard InChI is InChI=1S/C22H24N4O3S/c1-28-17-7-8-18(20(10-17)29-2)19-14-30-22(24-19)25-21(27)13-26(16-5-6-16)12-15-4-3-9-23-11-15/h3-4,7-11,14,16H,5-6,12-13H2,1-2H3,(H,24,25,27). The van der Waals surface area contributed by atoms with Gasteiger partial charge in [-0.15, -0.1) is 11.3 Å². The van der Waals surface area contributed by atoms with Crippen molar-refractivity contribution in [1.82, 2.24) is 14.9 Å². The highest BCUT2D eigenvalue weighted by Crippen LogP contribution is 2.35. The first-order valence-electron chi connectivity index (χ1n) is 9.77. The zero-order valence-corrected chi connectivity index (χ0v) is 17.8. The van der Waals surface area contributed by atoms with Gasteiger partial charge in [0, 0.05) is 42.0 Å². The number of carbonyl (C=O) groups is 1. The van der Waals surface area contributed by atoms with Crippen LogP contribution >= 0.6 is 11.3 Å². The van der Waals surface area contributed by atoms with Crippen LogP contribution in [0.5, 0.6) is 11.5 Å². The summed E-state index contributed by atoms with van der Waals surface area (Å²) >= 11 is 1.40. The zero-order chi connectivity index (χ0) is 20.9. The predicted octanol–water partition coefficient (Wildman–Crippen LogP) is 3.83. The van der Waals surface area contributed by atoms with Crippen LogP contribution in [0.15, 0.2) is 48.1 Å². The Morgan fingerprint density at radius 2 is 2.13 bits per heavy atom. The van der Waals surface area contributed by atoms with Gasteiger partial charge in [0.1, 0.15) is 11.5 Å². The van der Waals surface area contributed by atoms with Crippen molar-refractivity contribution in [1.29, 1.82) is 0 Å². The monoisotopic (exact) mass is 424 g/mol. The van der Waals surface area contributed by atoms with Crippen LogP contribution in [-0.4, -0.2) is 47.6 Å². The summed E-state index contributed by atoms with van der Waals surface area (Å²) in [6.07, 6.45) is 5.87. The SMILES string of the molecule is COc1ccc(-c2csc(NC(=O)CN(Cc3cccnc3)C3CC3)n2)c(OC)c1. The Morgan fingerprint density at radius 3 is 2.83 bits per heavy atom. The molecular formula is C22H24N4O3S. The van der Waals surface area contributed by atoms with Crippen molar-refractivity contribution in [2.45, 2.75) is 25.4 Å². The second kappa shape index (κ2) is 9.23. The Balaban J connectivity index is 1.41. The first-order valence-corrected chi connectivity index (χ1v) is 10.6. The lowest BCUT2D eigenvalue weighted by molar-refractivity contribution is -0.117. The summed E-state index contributed by atoms with van der Waals surface area (Å²) in [4.78, 5) is 23.6. The third-order valence-corrected chi connectivity index (χ3v) is 5.71. The molecule has 0 atom stereocenters. The van der Waals surface area contributed by atoms with Gasteiger partial charge in [0.2, 0.25) is 5.91 Å². The largest absolute Gasteiger partial charge is 0.497 e. The van der Waals surface area contributed by atoms with Crippen LogP contribution in [0.3, 0.4) is 0 Å². The molecule has 1 aromatic carbocycles. The normalized spacial score (nSPS) is 13.3. The Kier molecular flexibility index (Phi) is 6.25. The van der Waals surface area contributed by atoms with E-state index in [4.69, 9.17) is 9.47 Å². The molecule has 156 valence electrons. The molecule has 2 heterocycles. The second-order valence-electron chi connectivity index (χ2n) is 7.15. The first kappa shape index (κ1) is 20.3. The number of aromatic nitrogens is 2. The maximum Gasteiger partial charge on any atom is 0.240 e. The molecule has 4 rings (SSSR count). The van der Waals surface area contributed by atoms with E-state index in [1.807, 2.05) is 41.9 Å². The van der Waals surface area contributed by atoms with Crippen LogP contribution in [0.1, 0.15) is 18.4 Å². The van der Waals surface area contributed by atoms with Crippen LogP contribution in [0.25, 0.3) is 11.3 Å². The molecule has 0 radical (unpaired) electrons. The lowest BCUT2D eigenvalue weighted by atomic mass is 10.1. The second-order valence-corrected chi connectivity index (χ2v) is 8.01. The molecule has 1 aliphatic rings. The Labute approximate surface area is 179 Å². The Hall–Kier alpha value is -2.97. The van der Waals surface area contributed by atoms with Crippen molar-refractivity contribution < 1.29 is 14.3 Å². The summed E-state index contributed by atoms with van der Waals surface area (Å²) in [5, 5.41) is 5.42. The lowest BCUT2D eigenvalue weighted by Gasteiger charge is -2.20. The predicted molar refractivity (Wildman–Crippen MR) is 117 cm³/mol. The van der Waals surface area contributed by atoms with Crippen LogP contribution in [-0.2, 0) is 11.3 Å². The fraction of sp³-hybridized carbons (Fsp3) is 0.318. The van der Waals surface area contributed by atoms with E-state index in [2.05, 4.69) is 20.2 Å². The van der Waals surface area contributed by atoms with Crippen molar-refractivity contribution >= 4 is 22.4 Å². The summed E-state index contributed by atoms with van der Waals surface area (Å²) in [7, 11) is 3.23.